The first-order chi connectivity index (χ1) is 16.6. The van der Waals surface area contributed by atoms with E-state index in [2.05, 4.69) is 28.9 Å². The Morgan fingerprint density at radius 3 is 2.49 bits per heavy atom. The Balaban J connectivity index is 1.76. The Morgan fingerprint density at radius 1 is 1.14 bits per heavy atom. The monoisotopic (exact) mass is 490 g/mol. The van der Waals surface area contributed by atoms with Gasteiger partial charge in [0.05, 0.1) is 23.6 Å². The zero-order valence-electron chi connectivity index (χ0n) is 20.2. The van der Waals surface area contributed by atoms with E-state index in [0.29, 0.717) is 42.5 Å². The summed E-state index contributed by atoms with van der Waals surface area (Å²) in [7, 11) is 0. The Bertz CT molecular complexity index is 1140. The molecule has 0 aliphatic carbocycles. The molecule has 0 unspecified atom stereocenters. The fourth-order valence-electron chi connectivity index (χ4n) is 3.82. The highest BCUT2D eigenvalue weighted by Crippen LogP contribution is 2.31. The summed E-state index contributed by atoms with van der Waals surface area (Å²) in [5, 5.41) is 4.68. The molecule has 3 rings (SSSR count). The highest BCUT2D eigenvalue weighted by atomic mass is 19.4. The number of pyridine rings is 2. The number of hydrogen-bond donors (Lipinski definition) is 0. The summed E-state index contributed by atoms with van der Waals surface area (Å²) in [6, 6.07) is 3.91. The van der Waals surface area contributed by atoms with Gasteiger partial charge >= 0.3 is 12.1 Å². The lowest BCUT2D eigenvalue weighted by Gasteiger charge is -2.13. The zero-order valence-corrected chi connectivity index (χ0v) is 20.2. The lowest BCUT2D eigenvalue weighted by molar-refractivity contribution is -0.138. The summed E-state index contributed by atoms with van der Waals surface area (Å²) < 4.78 is 51.3. The summed E-state index contributed by atoms with van der Waals surface area (Å²) in [6.07, 6.45) is 2.81. The van der Waals surface area contributed by atoms with Crippen LogP contribution in [0.4, 0.5) is 13.2 Å². The van der Waals surface area contributed by atoms with Crippen LogP contribution in [0, 0.1) is 6.92 Å². The summed E-state index contributed by atoms with van der Waals surface area (Å²) >= 11 is 0. The van der Waals surface area contributed by atoms with Crippen LogP contribution in [0.3, 0.4) is 0 Å². The predicted octanol–water partition coefficient (Wildman–Crippen LogP) is 5.83. The van der Waals surface area contributed by atoms with E-state index >= 15 is 0 Å². The zero-order chi connectivity index (χ0) is 25.6. The lowest BCUT2D eigenvalue weighted by atomic mass is 9.95. The number of carbonyl (C=O) groups excluding carboxylic acids is 1. The first kappa shape index (κ1) is 26.2. The van der Waals surface area contributed by atoms with Crippen molar-refractivity contribution in [3.05, 3.63) is 59.3 Å². The molecule has 0 aliphatic heterocycles. The first-order valence-electron chi connectivity index (χ1n) is 11.5. The van der Waals surface area contributed by atoms with Gasteiger partial charge in [-0.3, -0.25) is 9.78 Å². The van der Waals surface area contributed by atoms with Crippen molar-refractivity contribution in [2.24, 2.45) is 0 Å². The van der Waals surface area contributed by atoms with Gasteiger partial charge in [0.2, 0.25) is 0 Å². The topological polar surface area (TPSA) is 79.1 Å². The average Bonchev–Trinajstić information content (AvgIpc) is 3.22. The normalized spacial score (nSPS) is 11.7. The van der Waals surface area contributed by atoms with Crippen LogP contribution in [0.5, 0.6) is 11.5 Å². The molecule has 0 aromatic carbocycles. The van der Waals surface area contributed by atoms with Gasteiger partial charge in [0.25, 0.3) is 0 Å². The Labute approximate surface area is 202 Å². The molecule has 0 bridgehead atoms. The molecule has 35 heavy (non-hydrogen) atoms. The molecule has 0 amide bonds. The second-order valence-corrected chi connectivity index (χ2v) is 8.17. The van der Waals surface area contributed by atoms with Gasteiger partial charge in [-0.15, -0.1) is 0 Å². The van der Waals surface area contributed by atoms with E-state index in [1.54, 1.807) is 19.2 Å². The van der Waals surface area contributed by atoms with E-state index in [0.717, 1.165) is 36.4 Å². The van der Waals surface area contributed by atoms with Crippen LogP contribution in [-0.2, 0) is 17.4 Å². The minimum absolute atomic E-state index is 0.220. The van der Waals surface area contributed by atoms with Crippen molar-refractivity contribution in [3.8, 4) is 17.3 Å². The second-order valence-electron chi connectivity index (χ2n) is 8.17. The van der Waals surface area contributed by atoms with E-state index in [4.69, 9.17) is 9.47 Å². The maximum absolute atomic E-state index is 12.9. The van der Waals surface area contributed by atoms with Crippen molar-refractivity contribution < 1.29 is 27.4 Å². The fraction of sp³-hybridized carbons (Fsp3) is 0.440. The Hall–Kier alpha value is -3.43. The van der Waals surface area contributed by atoms with Crippen molar-refractivity contribution in [1.29, 1.82) is 0 Å². The van der Waals surface area contributed by atoms with Gasteiger partial charge in [-0.2, -0.15) is 18.3 Å². The number of nitrogens with zero attached hydrogens (tertiary/aromatic N) is 4. The van der Waals surface area contributed by atoms with E-state index < -0.39 is 17.7 Å². The van der Waals surface area contributed by atoms with Crippen LogP contribution >= 0.6 is 0 Å². The SMILES string of the molecule is CCC(CC)c1nn(-c2ccc(C(F)(F)F)cn2)cc1CCCOc1c(OC(C)=O)ccnc1C. The van der Waals surface area contributed by atoms with Gasteiger partial charge in [0.1, 0.15) is 0 Å². The molecule has 0 saturated carbocycles. The molecule has 0 N–H and O–H groups in total. The summed E-state index contributed by atoms with van der Waals surface area (Å²) in [5.74, 6) is 0.846. The highest BCUT2D eigenvalue weighted by Gasteiger charge is 2.30. The van der Waals surface area contributed by atoms with Crippen LogP contribution in [0.1, 0.15) is 68.5 Å². The molecule has 3 heterocycles. The minimum Gasteiger partial charge on any atom is -0.488 e. The quantitative estimate of drug-likeness (QED) is 0.263. The predicted molar refractivity (Wildman–Crippen MR) is 124 cm³/mol. The van der Waals surface area contributed by atoms with Crippen LogP contribution in [0.25, 0.3) is 5.82 Å². The van der Waals surface area contributed by atoms with Crippen molar-refractivity contribution in [2.75, 3.05) is 6.61 Å². The van der Waals surface area contributed by atoms with E-state index in [9.17, 15) is 18.0 Å². The number of alkyl halides is 3. The van der Waals surface area contributed by atoms with Crippen LogP contribution < -0.4 is 9.47 Å². The molecule has 0 fully saturated rings. The van der Waals surface area contributed by atoms with Crippen molar-refractivity contribution >= 4 is 5.97 Å². The van der Waals surface area contributed by atoms with Gasteiger partial charge in [-0.25, -0.2) is 9.67 Å². The number of carbonyl (C=O) groups is 1. The third-order valence-corrected chi connectivity index (χ3v) is 5.64. The number of aryl methyl sites for hydroxylation is 2. The molecule has 3 aromatic heterocycles. The van der Waals surface area contributed by atoms with Crippen LogP contribution in [0.2, 0.25) is 0 Å². The minimum atomic E-state index is -4.44. The van der Waals surface area contributed by atoms with Crippen molar-refractivity contribution in [3.63, 3.8) is 0 Å². The van der Waals surface area contributed by atoms with Gasteiger partial charge in [-0.1, -0.05) is 13.8 Å². The van der Waals surface area contributed by atoms with Gasteiger partial charge in [-0.05, 0) is 50.3 Å². The van der Waals surface area contributed by atoms with Gasteiger partial charge in [0.15, 0.2) is 17.3 Å². The summed E-state index contributed by atoms with van der Waals surface area (Å²) in [4.78, 5) is 19.5. The molecule has 3 aromatic rings. The van der Waals surface area contributed by atoms with Gasteiger partial charge in [0, 0.05) is 37.5 Å². The van der Waals surface area contributed by atoms with Crippen molar-refractivity contribution in [2.45, 2.75) is 65.5 Å². The molecule has 0 spiro atoms. The molecule has 0 atom stereocenters. The maximum Gasteiger partial charge on any atom is 0.417 e. The number of aromatic nitrogens is 4. The number of ether oxygens (including phenoxy) is 2. The number of halogens is 3. The van der Waals surface area contributed by atoms with E-state index in [1.807, 2.05) is 6.20 Å². The molecule has 0 radical (unpaired) electrons. The summed E-state index contributed by atoms with van der Waals surface area (Å²) in [6.45, 7) is 7.61. The standard InChI is InChI=1S/C25H29F3N4O3/c1-5-18(6-2)23-19(15-32(31-23)22-10-9-20(14-30-22)25(26,27)28)8-7-13-34-24-16(3)29-12-11-21(24)35-17(4)33/h9-12,14-15,18H,5-8,13H2,1-4H3. The molecular formula is C25H29F3N4O3. The second kappa shape index (κ2) is 11.3. The Kier molecular flexibility index (Phi) is 8.48. The molecular weight excluding hydrogens is 461 g/mol. The van der Waals surface area contributed by atoms with Crippen molar-refractivity contribution in [1.82, 2.24) is 19.7 Å². The van der Waals surface area contributed by atoms with Crippen LogP contribution in [-0.4, -0.2) is 32.3 Å². The molecule has 188 valence electrons. The largest absolute Gasteiger partial charge is 0.488 e. The fourth-order valence-corrected chi connectivity index (χ4v) is 3.82. The van der Waals surface area contributed by atoms with E-state index in [-0.39, 0.29) is 5.92 Å². The third kappa shape index (κ3) is 6.58. The van der Waals surface area contributed by atoms with E-state index in [1.165, 1.54) is 17.7 Å². The maximum atomic E-state index is 12.9. The van der Waals surface area contributed by atoms with Crippen LogP contribution in [0.15, 0.2) is 36.8 Å². The Morgan fingerprint density at radius 2 is 1.89 bits per heavy atom. The molecule has 0 aliphatic rings. The average molecular weight is 491 g/mol. The first-order valence-corrected chi connectivity index (χ1v) is 11.5. The number of hydrogen-bond acceptors (Lipinski definition) is 6. The lowest BCUT2D eigenvalue weighted by Crippen LogP contribution is -2.08. The smallest absolute Gasteiger partial charge is 0.417 e. The molecule has 0 saturated heterocycles. The molecule has 10 heteroatoms. The summed E-state index contributed by atoms with van der Waals surface area (Å²) in [5.41, 5.74) is 1.72. The number of rotatable bonds is 10. The van der Waals surface area contributed by atoms with Gasteiger partial charge < -0.3 is 9.47 Å². The highest BCUT2D eigenvalue weighted by molar-refractivity contribution is 5.70. The third-order valence-electron chi connectivity index (χ3n) is 5.64. The number of esters is 1. The molecule has 7 nitrogen and oxygen atoms in total.